The molecule has 19 heavy (non-hydrogen) atoms. The quantitative estimate of drug-likeness (QED) is 0.906. The van der Waals surface area contributed by atoms with Crippen LogP contribution in [0.5, 0.6) is 0 Å². The summed E-state index contributed by atoms with van der Waals surface area (Å²) in [6.45, 7) is 2.84. The number of nitrogens with zero attached hydrogens (tertiary/aromatic N) is 2. The number of hydrogen-bond donors (Lipinski definition) is 1. The first-order valence-electron chi connectivity index (χ1n) is 5.69. The lowest BCUT2D eigenvalue weighted by molar-refractivity contribution is -0.117. The lowest BCUT2D eigenvalue weighted by Crippen LogP contribution is -2.29. The van der Waals surface area contributed by atoms with Crippen molar-refractivity contribution in [3.05, 3.63) is 32.6 Å². The molecule has 2 aromatic rings. The van der Waals surface area contributed by atoms with E-state index in [1.807, 2.05) is 24.1 Å². The third kappa shape index (κ3) is 4.45. The summed E-state index contributed by atoms with van der Waals surface area (Å²) in [5.74, 6) is 0.268. The van der Waals surface area contributed by atoms with Gasteiger partial charge in [0.15, 0.2) is 0 Å². The Kier molecular flexibility index (Phi) is 4.73. The fourth-order valence-electron chi connectivity index (χ4n) is 1.60. The maximum atomic E-state index is 11.8. The second-order valence-electron chi connectivity index (χ2n) is 4.26. The van der Waals surface area contributed by atoms with Gasteiger partial charge in [0.05, 0.1) is 16.0 Å². The van der Waals surface area contributed by atoms with E-state index in [9.17, 15) is 4.79 Å². The third-order valence-electron chi connectivity index (χ3n) is 2.36. The molecule has 0 fully saturated rings. The van der Waals surface area contributed by atoms with Crippen molar-refractivity contribution in [1.29, 1.82) is 0 Å². The molecule has 0 spiro atoms. The Morgan fingerprint density at radius 2 is 2.37 bits per heavy atom. The molecule has 0 bridgehead atoms. The summed E-state index contributed by atoms with van der Waals surface area (Å²) in [5.41, 5.74) is 0.743. The minimum atomic E-state index is -0.116. The van der Waals surface area contributed by atoms with E-state index in [0.717, 1.165) is 16.0 Å². The summed E-state index contributed by atoms with van der Waals surface area (Å²) in [6.07, 6.45) is 0. The number of amides is 1. The van der Waals surface area contributed by atoms with Crippen molar-refractivity contribution in [3.8, 4) is 0 Å². The number of aromatic nitrogens is 1. The number of aryl methyl sites for hydroxylation is 1. The van der Waals surface area contributed by atoms with Crippen molar-refractivity contribution in [2.75, 3.05) is 18.9 Å². The molecule has 0 aliphatic carbocycles. The summed E-state index contributed by atoms with van der Waals surface area (Å²) in [4.78, 5) is 14.9. The SMILES string of the molecule is Cc1cc(NC(=O)CN(C)Cc2ccc(Br)s2)on1. The average molecular weight is 344 g/mol. The van der Waals surface area contributed by atoms with E-state index < -0.39 is 0 Å². The van der Waals surface area contributed by atoms with Crippen LogP contribution >= 0.6 is 27.3 Å². The molecule has 5 nitrogen and oxygen atoms in total. The Bertz CT molecular complexity index is 567. The maximum absolute atomic E-state index is 11.8. The Balaban J connectivity index is 1.81. The minimum absolute atomic E-state index is 0.116. The van der Waals surface area contributed by atoms with Crippen LogP contribution in [0.3, 0.4) is 0 Å². The van der Waals surface area contributed by atoms with Crippen LogP contribution < -0.4 is 5.32 Å². The van der Waals surface area contributed by atoms with E-state index in [1.165, 1.54) is 4.88 Å². The van der Waals surface area contributed by atoms with Gasteiger partial charge < -0.3 is 4.52 Å². The second kappa shape index (κ2) is 6.31. The molecule has 0 atom stereocenters. The topological polar surface area (TPSA) is 58.4 Å². The Labute approximate surface area is 123 Å². The minimum Gasteiger partial charge on any atom is -0.338 e. The molecular weight excluding hydrogens is 330 g/mol. The molecule has 2 rings (SSSR count). The van der Waals surface area contributed by atoms with E-state index in [1.54, 1.807) is 24.3 Å². The van der Waals surface area contributed by atoms with Gasteiger partial charge in [-0.25, -0.2) is 0 Å². The molecule has 0 aromatic carbocycles. The smallest absolute Gasteiger partial charge is 0.240 e. The van der Waals surface area contributed by atoms with Crippen molar-refractivity contribution in [1.82, 2.24) is 10.1 Å². The van der Waals surface area contributed by atoms with Gasteiger partial charge in [0.2, 0.25) is 11.8 Å². The third-order valence-corrected chi connectivity index (χ3v) is 3.97. The molecule has 0 radical (unpaired) electrons. The average Bonchev–Trinajstić information content (AvgIpc) is 2.87. The molecule has 2 heterocycles. The van der Waals surface area contributed by atoms with Crippen molar-refractivity contribution < 1.29 is 9.32 Å². The normalized spacial score (nSPS) is 10.9. The lowest BCUT2D eigenvalue weighted by atomic mass is 10.4. The van der Waals surface area contributed by atoms with Gasteiger partial charge >= 0.3 is 0 Å². The summed E-state index contributed by atoms with van der Waals surface area (Å²) >= 11 is 5.09. The van der Waals surface area contributed by atoms with Crippen LogP contribution in [0.4, 0.5) is 5.88 Å². The highest BCUT2D eigenvalue weighted by molar-refractivity contribution is 9.11. The second-order valence-corrected chi connectivity index (χ2v) is 6.81. The zero-order chi connectivity index (χ0) is 13.8. The highest BCUT2D eigenvalue weighted by atomic mass is 79.9. The molecule has 2 aromatic heterocycles. The number of carbonyl (C=O) groups is 1. The van der Waals surface area contributed by atoms with Crippen molar-refractivity contribution in [2.45, 2.75) is 13.5 Å². The number of halogens is 1. The van der Waals surface area contributed by atoms with Crippen molar-refractivity contribution >= 4 is 39.1 Å². The number of thiophene rings is 1. The molecule has 1 amide bonds. The van der Waals surface area contributed by atoms with Crippen LogP contribution in [0.1, 0.15) is 10.6 Å². The van der Waals surface area contributed by atoms with E-state index in [-0.39, 0.29) is 5.91 Å². The fraction of sp³-hybridized carbons (Fsp3) is 0.333. The van der Waals surface area contributed by atoms with E-state index in [4.69, 9.17) is 4.52 Å². The largest absolute Gasteiger partial charge is 0.338 e. The van der Waals surface area contributed by atoms with Gasteiger partial charge in [-0.3, -0.25) is 15.0 Å². The molecule has 0 aliphatic rings. The van der Waals surface area contributed by atoms with Crippen LogP contribution in [-0.4, -0.2) is 29.6 Å². The predicted molar refractivity (Wildman–Crippen MR) is 78.2 cm³/mol. The first-order valence-corrected chi connectivity index (χ1v) is 7.30. The number of likely N-dealkylation sites (N-methyl/N-ethyl adjacent to an activating group) is 1. The number of rotatable bonds is 5. The molecule has 0 aliphatic heterocycles. The van der Waals surface area contributed by atoms with Crippen LogP contribution in [0.2, 0.25) is 0 Å². The van der Waals surface area contributed by atoms with E-state index >= 15 is 0 Å². The van der Waals surface area contributed by atoms with Gasteiger partial charge in [0, 0.05) is 17.5 Å². The van der Waals surface area contributed by atoms with Gasteiger partial charge in [-0.2, -0.15) is 0 Å². The number of carbonyl (C=O) groups excluding carboxylic acids is 1. The molecular formula is C12H14BrN3O2S. The van der Waals surface area contributed by atoms with Crippen LogP contribution in [-0.2, 0) is 11.3 Å². The Morgan fingerprint density at radius 1 is 1.58 bits per heavy atom. The molecule has 102 valence electrons. The molecule has 0 unspecified atom stereocenters. The lowest BCUT2D eigenvalue weighted by Gasteiger charge is -2.14. The Hall–Kier alpha value is -1.18. The molecule has 7 heteroatoms. The van der Waals surface area contributed by atoms with Gasteiger partial charge in [-0.05, 0) is 42.0 Å². The summed E-state index contributed by atoms with van der Waals surface area (Å²) < 4.78 is 6.03. The Morgan fingerprint density at radius 3 is 2.95 bits per heavy atom. The van der Waals surface area contributed by atoms with Crippen LogP contribution in [0.25, 0.3) is 0 Å². The van der Waals surface area contributed by atoms with Gasteiger partial charge in [0.1, 0.15) is 0 Å². The van der Waals surface area contributed by atoms with Gasteiger partial charge in [-0.1, -0.05) is 5.16 Å². The van der Waals surface area contributed by atoms with Gasteiger partial charge in [-0.15, -0.1) is 11.3 Å². The maximum Gasteiger partial charge on any atom is 0.240 e. The first kappa shape index (κ1) is 14.2. The van der Waals surface area contributed by atoms with Crippen LogP contribution in [0, 0.1) is 6.92 Å². The van der Waals surface area contributed by atoms with Crippen molar-refractivity contribution in [3.63, 3.8) is 0 Å². The van der Waals surface area contributed by atoms with Gasteiger partial charge in [0.25, 0.3) is 0 Å². The first-order chi connectivity index (χ1) is 9.02. The zero-order valence-corrected chi connectivity index (χ0v) is 13.0. The monoisotopic (exact) mass is 343 g/mol. The standard InChI is InChI=1S/C12H14BrN3O2S/c1-8-5-12(18-15-8)14-11(17)7-16(2)6-9-3-4-10(13)19-9/h3-5H,6-7H2,1-2H3,(H,14,17). The number of anilines is 1. The highest BCUT2D eigenvalue weighted by Crippen LogP contribution is 2.22. The van der Waals surface area contributed by atoms with Crippen molar-refractivity contribution in [2.24, 2.45) is 0 Å². The number of hydrogen-bond acceptors (Lipinski definition) is 5. The highest BCUT2D eigenvalue weighted by Gasteiger charge is 2.10. The predicted octanol–water partition coefficient (Wildman–Crippen LogP) is 2.88. The fourth-order valence-corrected chi connectivity index (χ4v) is 3.17. The van der Waals surface area contributed by atoms with E-state index in [0.29, 0.717) is 12.4 Å². The molecule has 0 saturated carbocycles. The summed E-state index contributed by atoms with van der Waals surface area (Å²) in [7, 11) is 1.90. The summed E-state index contributed by atoms with van der Waals surface area (Å²) in [5, 5.41) is 6.38. The zero-order valence-electron chi connectivity index (χ0n) is 10.6. The molecule has 0 saturated heterocycles. The molecule has 1 N–H and O–H groups in total. The van der Waals surface area contributed by atoms with E-state index in [2.05, 4.69) is 26.4 Å². The summed E-state index contributed by atoms with van der Waals surface area (Å²) in [6, 6.07) is 5.74. The number of nitrogens with one attached hydrogen (secondary N) is 1. The van der Waals surface area contributed by atoms with Crippen LogP contribution in [0.15, 0.2) is 26.5 Å².